The van der Waals surface area contributed by atoms with Crippen LogP contribution in [0.3, 0.4) is 0 Å². The van der Waals surface area contributed by atoms with Crippen LogP contribution in [0, 0.1) is 0 Å². The number of rotatable bonds is 5. The van der Waals surface area contributed by atoms with Gasteiger partial charge in [-0.3, -0.25) is 0 Å². The molecule has 1 fully saturated rings. The Balaban J connectivity index is 2.05. The molecule has 1 aliphatic heterocycles. The van der Waals surface area contributed by atoms with Gasteiger partial charge in [0.05, 0.1) is 30.3 Å². The molecular weight excluding hydrogens is 416 g/mol. The molecule has 8 heteroatoms. The van der Waals surface area contributed by atoms with E-state index in [4.69, 9.17) is 14.2 Å². The summed E-state index contributed by atoms with van der Waals surface area (Å²) in [6, 6.07) is 2.36. The van der Waals surface area contributed by atoms with E-state index in [9.17, 15) is 9.59 Å². The quantitative estimate of drug-likeness (QED) is 0.686. The summed E-state index contributed by atoms with van der Waals surface area (Å²) in [4.78, 5) is 25.1. The average molecular weight is 439 g/mol. The zero-order chi connectivity index (χ0) is 19.6. The lowest BCUT2D eigenvalue weighted by Crippen LogP contribution is -2.45. The molecule has 0 spiro atoms. The van der Waals surface area contributed by atoms with Gasteiger partial charge >= 0.3 is 12.0 Å². The molecule has 3 rings (SSSR count). The van der Waals surface area contributed by atoms with E-state index in [1.807, 2.05) is 0 Å². The van der Waals surface area contributed by atoms with Crippen LogP contribution in [-0.2, 0) is 9.53 Å². The highest BCUT2D eigenvalue weighted by Crippen LogP contribution is 2.43. The van der Waals surface area contributed by atoms with Crippen molar-refractivity contribution in [2.24, 2.45) is 0 Å². The van der Waals surface area contributed by atoms with E-state index in [1.165, 1.54) is 7.11 Å². The van der Waals surface area contributed by atoms with Gasteiger partial charge < -0.3 is 24.8 Å². The van der Waals surface area contributed by atoms with Crippen LogP contribution in [-0.4, -0.2) is 32.3 Å². The third-order valence-corrected chi connectivity index (χ3v) is 5.72. The fraction of sp³-hybridized carbons (Fsp3) is 0.474. The van der Waals surface area contributed by atoms with E-state index >= 15 is 0 Å². The summed E-state index contributed by atoms with van der Waals surface area (Å²) >= 11 is 3.52. The minimum absolute atomic E-state index is 0.0771. The summed E-state index contributed by atoms with van der Waals surface area (Å²) < 4.78 is 17.2. The minimum atomic E-state index is -0.730. The summed E-state index contributed by atoms with van der Waals surface area (Å²) in [6.45, 7) is 1.69. The molecule has 1 aromatic carbocycles. The molecule has 1 aliphatic carbocycles. The number of hydrogen-bond donors (Lipinski definition) is 2. The normalized spacial score (nSPS) is 20.1. The predicted octanol–water partition coefficient (Wildman–Crippen LogP) is 3.58. The second kappa shape index (κ2) is 8.21. The van der Waals surface area contributed by atoms with Crippen LogP contribution in [0.4, 0.5) is 4.79 Å². The highest BCUT2D eigenvalue weighted by Gasteiger charge is 2.37. The first-order valence-electron chi connectivity index (χ1n) is 8.86. The van der Waals surface area contributed by atoms with E-state index in [0.29, 0.717) is 32.8 Å². The lowest BCUT2D eigenvalue weighted by atomic mass is 9.94. The van der Waals surface area contributed by atoms with Gasteiger partial charge in [0.2, 0.25) is 0 Å². The maximum absolute atomic E-state index is 13.0. The maximum atomic E-state index is 13.0. The molecular formula is C19H23BrN2O5. The molecule has 0 aromatic heterocycles. The predicted molar refractivity (Wildman–Crippen MR) is 103 cm³/mol. The highest BCUT2D eigenvalue weighted by molar-refractivity contribution is 9.10. The van der Waals surface area contributed by atoms with Gasteiger partial charge in [-0.25, -0.2) is 9.59 Å². The Morgan fingerprint density at radius 1 is 1.15 bits per heavy atom. The van der Waals surface area contributed by atoms with Crippen LogP contribution in [0.15, 0.2) is 27.9 Å². The Kier molecular flexibility index (Phi) is 5.94. The average Bonchev–Trinajstić information content (AvgIpc) is 3.13. The van der Waals surface area contributed by atoms with Crippen LogP contribution in [0.5, 0.6) is 11.5 Å². The Bertz CT molecular complexity index is 787. The van der Waals surface area contributed by atoms with E-state index in [1.54, 1.807) is 26.2 Å². The molecule has 1 aromatic rings. The van der Waals surface area contributed by atoms with Gasteiger partial charge in [0.1, 0.15) is 17.6 Å². The fourth-order valence-electron chi connectivity index (χ4n) is 3.56. The number of halogens is 1. The van der Waals surface area contributed by atoms with Crippen LogP contribution in [0.25, 0.3) is 0 Å². The van der Waals surface area contributed by atoms with E-state index in [-0.39, 0.29) is 6.10 Å². The number of carbonyl (C=O) groups is 2. The van der Waals surface area contributed by atoms with E-state index < -0.39 is 18.0 Å². The van der Waals surface area contributed by atoms with Gasteiger partial charge in [0.15, 0.2) is 0 Å². The summed E-state index contributed by atoms with van der Waals surface area (Å²) in [5.74, 6) is 0.655. The molecule has 27 heavy (non-hydrogen) atoms. The molecule has 0 saturated heterocycles. The summed E-state index contributed by atoms with van der Waals surface area (Å²) in [6.07, 6.45) is 3.78. The van der Waals surface area contributed by atoms with E-state index in [0.717, 1.165) is 25.7 Å². The van der Waals surface area contributed by atoms with Gasteiger partial charge in [-0.2, -0.15) is 0 Å². The standard InChI is InChI=1S/C19H23BrN2O5/c1-10-14(18(23)27-11-6-4-5-7-11)17(22-19(24)21-10)15-12(25-2)8-9-13(26-3)16(15)20/h8-9,11,17H,4-7H2,1-3H3,(H2,21,22,24). The fourth-order valence-corrected chi connectivity index (χ4v) is 4.28. The first-order chi connectivity index (χ1) is 13.0. The lowest BCUT2D eigenvalue weighted by Gasteiger charge is -2.30. The van der Waals surface area contributed by atoms with Crippen LogP contribution in [0.2, 0.25) is 0 Å². The van der Waals surface area contributed by atoms with Crippen molar-refractivity contribution in [2.45, 2.75) is 44.8 Å². The Labute approximate surface area is 166 Å². The zero-order valence-corrected chi connectivity index (χ0v) is 17.1. The SMILES string of the molecule is COc1ccc(OC)c(C2NC(=O)NC(C)=C2C(=O)OC2CCCC2)c1Br. The second-order valence-corrected chi connectivity index (χ2v) is 7.37. The number of allylic oxidation sites excluding steroid dienone is 1. The Morgan fingerprint density at radius 3 is 2.41 bits per heavy atom. The zero-order valence-electron chi connectivity index (χ0n) is 15.6. The number of benzene rings is 1. The van der Waals surface area contributed by atoms with Gasteiger partial charge in [0, 0.05) is 11.3 Å². The number of hydrogen-bond acceptors (Lipinski definition) is 5. The maximum Gasteiger partial charge on any atom is 0.338 e. The largest absolute Gasteiger partial charge is 0.496 e. The van der Waals surface area contributed by atoms with Gasteiger partial charge in [-0.05, 0) is 60.7 Å². The van der Waals surface area contributed by atoms with Crippen LogP contribution in [0.1, 0.15) is 44.2 Å². The number of carbonyl (C=O) groups excluding carboxylic acids is 2. The Morgan fingerprint density at radius 2 is 1.78 bits per heavy atom. The second-order valence-electron chi connectivity index (χ2n) is 6.58. The molecule has 146 valence electrons. The Hall–Kier alpha value is -2.22. The molecule has 2 N–H and O–H groups in total. The van der Waals surface area contributed by atoms with Crippen molar-refractivity contribution in [1.82, 2.24) is 10.6 Å². The van der Waals surface area contributed by atoms with Crippen molar-refractivity contribution >= 4 is 27.9 Å². The molecule has 2 amide bonds. The van der Waals surface area contributed by atoms with Crippen molar-refractivity contribution < 1.29 is 23.8 Å². The highest BCUT2D eigenvalue weighted by atomic mass is 79.9. The van der Waals surface area contributed by atoms with Gasteiger partial charge in [0.25, 0.3) is 0 Å². The smallest absolute Gasteiger partial charge is 0.338 e. The summed E-state index contributed by atoms with van der Waals surface area (Å²) in [7, 11) is 3.08. The van der Waals surface area contributed by atoms with Crippen molar-refractivity contribution in [3.8, 4) is 11.5 Å². The molecule has 0 bridgehead atoms. The molecule has 0 radical (unpaired) electrons. The monoisotopic (exact) mass is 438 g/mol. The van der Waals surface area contributed by atoms with Crippen LogP contribution >= 0.6 is 15.9 Å². The third-order valence-electron chi connectivity index (χ3n) is 4.90. The molecule has 7 nitrogen and oxygen atoms in total. The van der Waals surface area contributed by atoms with Crippen molar-refractivity contribution in [3.05, 3.63) is 33.4 Å². The molecule has 1 unspecified atom stereocenters. The summed E-state index contributed by atoms with van der Waals surface area (Å²) in [5, 5.41) is 5.47. The lowest BCUT2D eigenvalue weighted by molar-refractivity contribution is -0.144. The van der Waals surface area contributed by atoms with Gasteiger partial charge in [-0.1, -0.05) is 0 Å². The number of amides is 2. The molecule has 1 heterocycles. The number of urea groups is 1. The number of methoxy groups -OCH3 is 2. The minimum Gasteiger partial charge on any atom is -0.496 e. The van der Waals surface area contributed by atoms with Crippen LogP contribution < -0.4 is 20.1 Å². The molecule has 1 saturated carbocycles. The number of esters is 1. The van der Waals surface area contributed by atoms with Crippen molar-refractivity contribution in [2.75, 3.05) is 14.2 Å². The van der Waals surface area contributed by atoms with Crippen molar-refractivity contribution in [1.29, 1.82) is 0 Å². The molecule has 1 atom stereocenters. The van der Waals surface area contributed by atoms with Crippen molar-refractivity contribution in [3.63, 3.8) is 0 Å². The van der Waals surface area contributed by atoms with Gasteiger partial charge in [-0.15, -0.1) is 0 Å². The number of ether oxygens (including phenoxy) is 3. The summed E-state index contributed by atoms with van der Waals surface area (Å²) in [5.41, 5.74) is 1.42. The first kappa shape index (κ1) is 19.5. The topological polar surface area (TPSA) is 85.9 Å². The third kappa shape index (κ3) is 3.90. The number of nitrogens with one attached hydrogen (secondary N) is 2. The first-order valence-corrected chi connectivity index (χ1v) is 9.65. The van der Waals surface area contributed by atoms with E-state index in [2.05, 4.69) is 26.6 Å². The molecule has 2 aliphatic rings.